The molecule has 5 heteroatoms. The summed E-state index contributed by atoms with van der Waals surface area (Å²) in [7, 11) is 0. The van der Waals surface area contributed by atoms with Crippen LogP contribution in [0.4, 0.5) is 0 Å². The Morgan fingerprint density at radius 3 is 2.94 bits per heavy atom. The van der Waals surface area contributed by atoms with Crippen LogP contribution in [0.1, 0.15) is 0 Å². The topological polar surface area (TPSA) is 84.5 Å². The van der Waals surface area contributed by atoms with Crippen LogP contribution in [0.15, 0.2) is 36.5 Å². The maximum absolute atomic E-state index is 10.6. The molecule has 0 radical (unpaired) electrons. The van der Waals surface area contributed by atoms with Gasteiger partial charge in [-0.2, -0.15) is 0 Å². The van der Waals surface area contributed by atoms with Gasteiger partial charge in [-0.25, -0.2) is 0 Å². The monoisotopic (exact) mass is 218 g/mol. The van der Waals surface area contributed by atoms with Crippen molar-refractivity contribution in [3.63, 3.8) is 0 Å². The van der Waals surface area contributed by atoms with Crippen molar-refractivity contribution in [2.45, 2.75) is 12.6 Å². The number of carboxylic acids is 1. The molecule has 0 amide bonds. The van der Waals surface area contributed by atoms with E-state index in [1.54, 1.807) is 10.9 Å². The second-order valence-corrected chi connectivity index (χ2v) is 3.61. The van der Waals surface area contributed by atoms with Crippen LogP contribution in [0, 0.1) is 0 Å². The van der Waals surface area contributed by atoms with E-state index in [0.29, 0.717) is 0 Å². The molecule has 0 aliphatic heterocycles. The van der Waals surface area contributed by atoms with Crippen molar-refractivity contribution in [2.24, 2.45) is 0 Å². The first-order chi connectivity index (χ1) is 7.66. The number of carbonyl (C=O) groups is 1. The van der Waals surface area contributed by atoms with Crippen LogP contribution in [0.3, 0.4) is 0 Å². The van der Waals surface area contributed by atoms with E-state index in [-0.39, 0.29) is 6.54 Å². The Kier molecular flexibility index (Phi) is 2.78. The number of rotatable bonds is 3. The quantitative estimate of drug-likeness (QED) is 0.598. The molecule has 1 aromatic heterocycles. The zero-order valence-corrected chi connectivity index (χ0v) is 8.67. The first kappa shape index (κ1) is 10.5. The van der Waals surface area contributed by atoms with E-state index in [1.807, 2.05) is 30.3 Å². The lowest BCUT2D eigenvalue weighted by Crippen LogP contribution is -2.73. The third-order valence-corrected chi connectivity index (χ3v) is 2.34. The van der Waals surface area contributed by atoms with Crippen molar-refractivity contribution in [1.82, 2.24) is 5.10 Å². The second-order valence-electron chi connectivity index (χ2n) is 3.61. The van der Waals surface area contributed by atoms with E-state index in [4.69, 9.17) is 0 Å². The molecule has 0 aliphatic carbocycles. The first-order valence-corrected chi connectivity index (χ1v) is 4.96. The van der Waals surface area contributed by atoms with Gasteiger partial charge in [-0.3, -0.25) is 0 Å². The van der Waals surface area contributed by atoms with Gasteiger partial charge >= 0.3 is 0 Å². The number of aliphatic carboxylic acids is 1. The average Bonchev–Trinajstić information content (AvgIpc) is 2.28. The highest BCUT2D eigenvalue weighted by Gasteiger charge is 2.15. The maximum atomic E-state index is 10.6. The molecule has 0 unspecified atom stereocenters. The van der Waals surface area contributed by atoms with Gasteiger partial charge in [0.05, 0.1) is 0 Å². The number of nitrogens with zero attached hydrogens (tertiary/aromatic N) is 2. The summed E-state index contributed by atoms with van der Waals surface area (Å²) < 4.78 is 1.57. The van der Waals surface area contributed by atoms with E-state index in [9.17, 15) is 9.90 Å². The molecule has 1 heterocycles. The summed E-state index contributed by atoms with van der Waals surface area (Å²) in [6, 6.07) is 8.75. The Labute approximate surface area is 92.1 Å². The fourth-order valence-corrected chi connectivity index (χ4v) is 1.46. The molecule has 2 aromatic rings. The molecule has 0 bridgehead atoms. The van der Waals surface area contributed by atoms with Gasteiger partial charge in [-0.05, 0) is 6.07 Å². The van der Waals surface area contributed by atoms with Crippen molar-refractivity contribution >= 4 is 16.9 Å². The van der Waals surface area contributed by atoms with Crippen LogP contribution in [-0.4, -0.2) is 17.1 Å². The summed E-state index contributed by atoms with van der Waals surface area (Å²) in [5.74, 6) is -1.16. The van der Waals surface area contributed by atoms with Crippen molar-refractivity contribution in [2.75, 3.05) is 0 Å². The number of quaternary nitrogens is 1. The van der Waals surface area contributed by atoms with Gasteiger partial charge in [-0.1, -0.05) is 22.9 Å². The van der Waals surface area contributed by atoms with Crippen molar-refractivity contribution in [3.05, 3.63) is 36.5 Å². The average molecular weight is 218 g/mol. The van der Waals surface area contributed by atoms with Gasteiger partial charge in [-0.15, -0.1) is 0 Å². The molecular formula is C11H12N3O2+. The number of benzene rings is 1. The van der Waals surface area contributed by atoms with Gasteiger partial charge in [0.2, 0.25) is 6.54 Å². The minimum atomic E-state index is -1.16. The summed E-state index contributed by atoms with van der Waals surface area (Å²) in [6.07, 6.45) is 1.74. The van der Waals surface area contributed by atoms with Crippen molar-refractivity contribution < 1.29 is 20.3 Å². The minimum absolute atomic E-state index is 0.215. The van der Waals surface area contributed by atoms with Crippen LogP contribution >= 0.6 is 0 Å². The molecule has 0 fully saturated rings. The molecule has 3 N–H and O–H groups in total. The highest BCUT2D eigenvalue weighted by Crippen LogP contribution is 2.06. The van der Waals surface area contributed by atoms with E-state index < -0.39 is 12.0 Å². The zero-order chi connectivity index (χ0) is 11.5. The van der Waals surface area contributed by atoms with E-state index in [2.05, 4.69) is 10.8 Å². The molecule has 0 saturated heterocycles. The van der Waals surface area contributed by atoms with E-state index in [1.165, 1.54) is 0 Å². The number of fused-ring (bicyclic) bond motifs is 1. The van der Waals surface area contributed by atoms with Gasteiger partial charge in [0.1, 0.15) is 11.5 Å². The van der Waals surface area contributed by atoms with E-state index >= 15 is 0 Å². The van der Waals surface area contributed by atoms with Gasteiger partial charge in [0, 0.05) is 16.6 Å². The molecule has 1 atom stereocenters. The summed E-state index contributed by atoms with van der Waals surface area (Å²) in [4.78, 5) is 10.6. The van der Waals surface area contributed by atoms with Crippen LogP contribution in [-0.2, 0) is 11.3 Å². The molecule has 0 spiro atoms. The first-order valence-electron chi connectivity index (χ1n) is 4.96. The largest absolute Gasteiger partial charge is 0.544 e. The van der Waals surface area contributed by atoms with Gasteiger partial charge < -0.3 is 15.6 Å². The number of hydrogen-bond donors (Lipinski definition) is 1. The van der Waals surface area contributed by atoms with E-state index in [0.717, 1.165) is 10.9 Å². The number of hydrogen-bond acceptors (Lipinski definition) is 3. The molecule has 2 rings (SSSR count). The minimum Gasteiger partial charge on any atom is -0.544 e. The molecule has 5 nitrogen and oxygen atoms in total. The predicted molar refractivity (Wildman–Crippen MR) is 53.6 cm³/mol. The Hall–Kier alpha value is -2.01. The summed E-state index contributed by atoms with van der Waals surface area (Å²) in [6.45, 7) is 0.215. The number of carboxylic acid groups (broad SMARTS) is 1. The lowest BCUT2D eigenvalue weighted by molar-refractivity contribution is -0.769. The fourth-order valence-electron chi connectivity index (χ4n) is 1.46. The molecule has 1 aromatic carbocycles. The van der Waals surface area contributed by atoms with Crippen LogP contribution in [0.5, 0.6) is 0 Å². The third kappa shape index (κ3) is 2.14. The third-order valence-electron chi connectivity index (χ3n) is 2.34. The highest BCUT2D eigenvalue weighted by atomic mass is 16.4. The molecule has 0 aliphatic rings. The summed E-state index contributed by atoms with van der Waals surface area (Å²) >= 11 is 0. The standard InChI is InChI=1S/C11H11N3O2/c12-9(11(15)16)7-14-6-5-8-3-1-2-4-10(8)13-14/h1-6,9H,7,12H2/p+1/t9-/m0/s1. The summed E-state index contributed by atoms with van der Waals surface area (Å²) in [5, 5.41) is 15.9. The van der Waals surface area contributed by atoms with Crippen LogP contribution in [0.25, 0.3) is 10.9 Å². The molecule has 16 heavy (non-hydrogen) atoms. The number of aromatic nitrogens is 2. The Morgan fingerprint density at radius 1 is 1.44 bits per heavy atom. The number of carbonyl (C=O) groups excluding carboxylic acids is 1. The molecule has 0 saturated carbocycles. The van der Waals surface area contributed by atoms with Crippen LogP contribution in [0.2, 0.25) is 0 Å². The normalized spacial score (nSPS) is 12.6. The van der Waals surface area contributed by atoms with Crippen molar-refractivity contribution in [1.29, 1.82) is 0 Å². The lowest BCUT2D eigenvalue weighted by Gasteiger charge is -2.04. The molecule has 82 valence electrons. The molecular weight excluding hydrogens is 206 g/mol. The second kappa shape index (κ2) is 4.24. The van der Waals surface area contributed by atoms with Crippen molar-refractivity contribution in [3.8, 4) is 0 Å². The smallest absolute Gasteiger partial charge is 0.230 e. The summed E-state index contributed by atoms with van der Waals surface area (Å²) in [5.41, 5.74) is 4.32. The zero-order valence-electron chi connectivity index (χ0n) is 8.67. The van der Waals surface area contributed by atoms with Crippen LogP contribution < -0.4 is 15.5 Å². The lowest BCUT2D eigenvalue weighted by atomic mass is 10.2. The highest BCUT2D eigenvalue weighted by molar-refractivity contribution is 5.76. The van der Waals surface area contributed by atoms with Gasteiger partial charge in [0.15, 0.2) is 12.2 Å². The van der Waals surface area contributed by atoms with Gasteiger partial charge in [0.25, 0.3) is 0 Å². The Bertz CT molecular complexity index is 527. The maximum Gasteiger partial charge on any atom is 0.230 e. The Balaban J connectivity index is 2.29. The fraction of sp³-hybridized carbons (Fsp3) is 0.182. The SMILES string of the molecule is [NH3+][C@@H](C[n+]1ccc2ccccc2n1)C(=O)[O-]. The Morgan fingerprint density at radius 2 is 2.19 bits per heavy atom. The predicted octanol–water partition coefficient (Wildman–Crippen LogP) is -2.12.